The molecule has 0 amide bonds. The van der Waals surface area contributed by atoms with Crippen LogP contribution < -0.4 is 11.1 Å². The third kappa shape index (κ3) is 19.9. The summed E-state index contributed by atoms with van der Waals surface area (Å²) in [6.45, 7) is 4.03. The third-order valence-corrected chi connectivity index (χ3v) is 7.14. The molecule has 0 aromatic carbocycles. The summed E-state index contributed by atoms with van der Waals surface area (Å²) in [5, 5.41) is 32.6. The minimum Gasteiger partial charge on any atom is -0.396 e. The fourth-order valence-electron chi connectivity index (χ4n) is 5.13. The highest BCUT2D eigenvalue weighted by molar-refractivity contribution is 4.94. The maximum absolute atomic E-state index is 9.69. The Kier molecular flexibility index (Phi) is 32.5. The lowest BCUT2D eigenvalue weighted by Crippen LogP contribution is -2.53. The van der Waals surface area contributed by atoms with Crippen LogP contribution in [0, 0.1) is 5.92 Å². The number of nitrogens with two attached hydrogens (primary N) is 1. The van der Waals surface area contributed by atoms with E-state index in [9.17, 15) is 15.3 Å². The van der Waals surface area contributed by atoms with Crippen molar-refractivity contribution in [3.8, 4) is 0 Å². The average Bonchev–Trinajstić information content (AvgIpc) is 2.79. The number of aliphatic hydroxyl groups is 3. The molecular weight excluding hydrogens is 438 g/mol. The Labute approximate surface area is 209 Å². The van der Waals surface area contributed by atoms with Crippen LogP contribution in [0.4, 0.5) is 9.41 Å². The van der Waals surface area contributed by atoms with Crippen molar-refractivity contribution in [2.45, 2.75) is 134 Å². The summed E-state index contributed by atoms with van der Waals surface area (Å²) in [6, 6.07) is 0. The maximum atomic E-state index is 9.69. The molecule has 0 aliphatic heterocycles. The monoisotopic (exact) mass is 498 g/mol. The first-order valence-electron chi connectivity index (χ1n) is 14.0. The molecule has 0 aromatic heterocycles. The van der Waals surface area contributed by atoms with Crippen molar-refractivity contribution in [3.63, 3.8) is 0 Å². The van der Waals surface area contributed by atoms with Gasteiger partial charge in [0, 0.05) is 25.4 Å². The highest BCUT2D eigenvalue weighted by Crippen LogP contribution is 2.32. The predicted octanol–water partition coefficient (Wildman–Crippen LogP) is 5.60. The first-order chi connectivity index (χ1) is 15.7. The molecule has 0 bridgehead atoms. The van der Waals surface area contributed by atoms with E-state index < -0.39 is 0 Å². The molecule has 0 rings (SSSR count). The van der Waals surface area contributed by atoms with Crippen molar-refractivity contribution in [1.29, 1.82) is 0 Å². The van der Waals surface area contributed by atoms with Gasteiger partial charge in [-0.1, -0.05) is 96.8 Å². The molecule has 6 N–H and O–H groups in total. The Morgan fingerprint density at radius 2 is 1.06 bits per heavy atom. The zero-order valence-electron chi connectivity index (χ0n) is 22.3. The first kappa shape index (κ1) is 38.2. The van der Waals surface area contributed by atoms with E-state index >= 15 is 0 Å². The average molecular weight is 499 g/mol. The number of unbranched alkanes of at least 4 members (excludes halogenated alkanes) is 13. The maximum Gasteiger partial charge on any atom is 0.0448 e. The van der Waals surface area contributed by atoms with E-state index in [0.29, 0.717) is 25.8 Å². The number of aliphatic hydroxyl groups excluding tert-OH is 3. The lowest BCUT2D eigenvalue weighted by atomic mass is 9.74. The van der Waals surface area contributed by atoms with E-state index in [-0.39, 0.29) is 40.7 Å². The predicted molar refractivity (Wildman–Crippen MR) is 143 cm³/mol. The Morgan fingerprint density at radius 3 is 1.44 bits per heavy atom. The van der Waals surface area contributed by atoms with Crippen LogP contribution >= 0.6 is 0 Å². The second-order valence-corrected chi connectivity index (χ2v) is 9.77. The molecule has 0 aromatic rings. The van der Waals surface area contributed by atoms with Gasteiger partial charge >= 0.3 is 0 Å². The van der Waals surface area contributed by atoms with Gasteiger partial charge in [0.05, 0.1) is 0 Å². The van der Waals surface area contributed by atoms with Crippen molar-refractivity contribution in [2.75, 3.05) is 32.9 Å². The van der Waals surface area contributed by atoms with Gasteiger partial charge in [-0.2, -0.15) is 0 Å². The minimum absolute atomic E-state index is 0. The zero-order valence-corrected chi connectivity index (χ0v) is 22.3. The summed E-state index contributed by atoms with van der Waals surface area (Å²) in [5.41, 5.74) is 5.35. The molecule has 1 unspecified atom stereocenters. The van der Waals surface area contributed by atoms with Gasteiger partial charge in [-0.15, -0.1) is 0 Å². The summed E-state index contributed by atoms with van der Waals surface area (Å²) < 4.78 is 0. The van der Waals surface area contributed by atoms with Crippen molar-refractivity contribution < 1.29 is 24.7 Å². The van der Waals surface area contributed by atoms with E-state index in [0.717, 1.165) is 25.8 Å². The highest BCUT2D eigenvalue weighted by atomic mass is 19.0. The quantitative estimate of drug-likeness (QED) is 0.1000. The molecule has 0 heterocycles. The van der Waals surface area contributed by atoms with Gasteiger partial charge in [-0.3, -0.25) is 9.41 Å². The molecule has 0 fully saturated rings. The molecule has 0 saturated heterocycles. The molecule has 5 nitrogen and oxygen atoms in total. The Balaban J connectivity index is -0.00000480. The number of nitrogens with one attached hydrogen (secondary N) is 1. The summed E-state index contributed by atoms with van der Waals surface area (Å²) in [5.74, 6) is 0.266. The van der Waals surface area contributed by atoms with E-state index in [1.165, 1.54) is 83.5 Å². The van der Waals surface area contributed by atoms with Crippen molar-refractivity contribution in [3.05, 3.63) is 0 Å². The van der Waals surface area contributed by atoms with Crippen LogP contribution in [0.5, 0.6) is 0 Å². The van der Waals surface area contributed by atoms with Gasteiger partial charge < -0.3 is 26.4 Å². The van der Waals surface area contributed by atoms with Gasteiger partial charge in [0.25, 0.3) is 0 Å². The fraction of sp³-hybridized carbons (Fsp3) is 1.00. The number of halogens is 2. The van der Waals surface area contributed by atoms with E-state index in [2.05, 4.69) is 12.2 Å². The molecule has 1 atom stereocenters. The second kappa shape index (κ2) is 28.9. The van der Waals surface area contributed by atoms with Crippen LogP contribution in [0.2, 0.25) is 0 Å². The number of hydrogen-bond donors (Lipinski definition) is 5. The molecule has 7 heteroatoms. The molecule has 0 aliphatic rings. The van der Waals surface area contributed by atoms with Crippen molar-refractivity contribution in [2.24, 2.45) is 11.7 Å². The summed E-state index contributed by atoms with van der Waals surface area (Å²) in [4.78, 5) is 0. The second-order valence-electron chi connectivity index (χ2n) is 9.77. The summed E-state index contributed by atoms with van der Waals surface area (Å²) >= 11 is 0. The molecular formula is C27H60F2N2O3. The lowest BCUT2D eigenvalue weighted by molar-refractivity contribution is 0.0864. The number of hydrogen-bond acceptors (Lipinski definition) is 5. The normalized spacial score (nSPS) is 12.3. The topological polar surface area (TPSA) is 98.7 Å². The Bertz CT molecular complexity index is 374. The minimum atomic E-state index is -0.308. The molecule has 210 valence electrons. The number of rotatable bonds is 26. The highest BCUT2D eigenvalue weighted by Gasteiger charge is 2.36. The molecule has 0 aliphatic carbocycles. The van der Waals surface area contributed by atoms with E-state index in [1.807, 2.05) is 0 Å². The van der Waals surface area contributed by atoms with Crippen LogP contribution in [0.25, 0.3) is 0 Å². The lowest BCUT2D eigenvalue weighted by Gasteiger charge is -2.42. The van der Waals surface area contributed by atoms with Crippen LogP contribution in [0.1, 0.15) is 129 Å². The Morgan fingerprint density at radius 1 is 0.618 bits per heavy atom. The van der Waals surface area contributed by atoms with Crippen molar-refractivity contribution >= 4 is 0 Å². The smallest absolute Gasteiger partial charge is 0.0448 e. The standard InChI is InChI=1S/C27H58N2O3.2FH/c1-2-3-4-5-6-7-8-9-10-11-12-13-14-15-17-26(18-23-30)27(19-24-31,20-25-32)29-22-16-21-28;;/h26,29-32H,2-25,28H2,1H3;2*1H. The molecule has 0 spiro atoms. The molecule has 0 saturated carbocycles. The van der Waals surface area contributed by atoms with E-state index in [4.69, 9.17) is 5.73 Å². The summed E-state index contributed by atoms with van der Waals surface area (Å²) in [6.07, 6.45) is 22.8. The third-order valence-electron chi connectivity index (χ3n) is 7.14. The van der Waals surface area contributed by atoms with Gasteiger partial charge in [0.1, 0.15) is 0 Å². The van der Waals surface area contributed by atoms with Crippen LogP contribution in [0.15, 0.2) is 0 Å². The molecule has 0 radical (unpaired) electrons. The van der Waals surface area contributed by atoms with Gasteiger partial charge in [-0.05, 0) is 51.1 Å². The fourth-order valence-corrected chi connectivity index (χ4v) is 5.13. The van der Waals surface area contributed by atoms with Gasteiger partial charge in [0.15, 0.2) is 0 Å². The Hall–Kier alpha value is -0.340. The zero-order chi connectivity index (χ0) is 23.8. The van der Waals surface area contributed by atoms with Crippen molar-refractivity contribution in [1.82, 2.24) is 5.32 Å². The van der Waals surface area contributed by atoms with Gasteiger partial charge in [0.2, 0.25) is 0 Å². The van der Waals surface area contributed by atoms with Crippen LogP contribution in [-0.2, 0) is 0 Å². The first-order valence-corrected chi connectivity index (χ1v) is 14.0. The summed E-state index contributed by atoms with van der Waals surface area (Å²) in [7, 11) is 0. The largest absolute Gasteiger partial charge is 0.396 e. The molecule has 34 heavy (non-hydrogen) atoms. The van der Waals surface area contributed by atoms with Crippen LogP contribution in [0.3, 0.4) is 0 Å². The van der Waals surface area contributed by atoms with Gasteiger partial charge in [-0.25, -0.2) is 0 Å². The SMILES string of the molecule is CCCCCCCCCCCCCCCCC(CCO)C(CCO)(CCO)NCCCN.F.F. The van der Waals surface area contributed by atoms with E-state index in [1.54, 1.807) is 0 Å². The van der Waals surface area contributed by atoms with Crippen LogP contribution in [-0.4, -0.2) is 53.8 Å².